The zero-order valence-corrected chi connectivity index (χ0v) is 14.1. The highest BCUT2D eigenvalue weighted by molar-refractivity contribution is 5.66. The molecule has 1 nitrogen and oxygen atoms in total. The summed E-state index contributed by atoms with van der Waals surface area (Å²) in [5.74, 6) is 0. The van der Waals surface area contributed by atoms with Gasteiger partial charge >= 0.3 is 0 Å². The predicted molar refractivity (Wildman–Crippen MR) is 92.2 cm³/mol. The molecule has 0 aliphatic heterocycles. The van der Waals surface area contributed by atoms with Gasteiger partial charge in [-0.2, -0.15) is 0 Å². The zero-order chi connectivity index (χ0) is 15.9. The molecule has 0 heterocycles. The van der Waals surface area contributed by atoms with Gasteiger partial charge in [-0.25, -0.2) is 0 Å². The van der Waals surface area contributed by atoms with Crippen LogP contribution in [0.2, 0.25) is 0 Å². The minimum atomic E-state index is 0.290. The third kappa shape index (κ3) is 5.71. The minimum absolute atomic E-state index is 0.290. The van der Waals surface area contributed by atoms with Crippen LogP contribution >= 0.6 is 0 Å². The molecule has 114 valence electrons. The Bertz CT molecular complexity index is 522. The van der Waals surface area contributed by atoms with Crippen LogP contribution in [0.4, 0.5) is 0 Å². The molecule has 1 aliphatic carbocycles. The topological polar surface area (TPSA) is 17.1 Å². The van der Waals surface area contributed by atoms with Crippen molar-refractivity contribution < 1.29 is 4.79 Å². The quantitative estimate of drug-likeness (QED) is 0.358. The van der Waals surface area contributed by atoms with E-state index in [1.165, 1.54) is 36.0 Å². The zero-order valence-electron chi connectivity index (χ0n) is 14.1. The van der Waals surface area contributed by atoms with E-state index in [9.17, 15) is 4.79 Å². The number of allylic oxidation sites excluding steroid dienone is 10. The van der Waals surface area contributed by atoms with Crippen LogP contribution in [0.1, 0.15) is 53.9 Å². The standard InChI is InChI=1S/C20H28O/c1-16(8-6-9-17(2)13-15-21)11-12-19-18(3)10-7-14-20(19,4)5/h6,8-9,11-13,15H,7,10,14H2,1-5H3/b9-6+,12-11+,16-8+,17-13?. The van der Waals surface area contributed by atoms with E-state index >= 15 is 0 Å². The lowest BCUT2D eigenvalue weighted by Crippen LogP contribution is -2.19. The van der Waals surface area contributed by atoms with Crippen LogP contribution in [-0.2, 0) is 4.79 Å². The summed E-state index contributed by atoms with van der Waals surface area (Å²) in [4.78, 5) is 10.3. The third-order valence-corrected chi connectivity index (χ3v) is 4.10. The number of carbonyl (C=O) groups is 1. The van der Waals surface area contributed by atoms with Crippen LogP contribution in [0, 0.1) is 5.41 Å². The average molecular weight is 284 g/mol. The molecule has 1 heteroatoms. The molecule has 0 aromatic rings. The van der Waals surface area contributed by atoms with Crippen LogP contribution in [0.15, 0.2) is 58.7 Å². The van der Waals surface area contributed by atoms with Crippen molar-refractivity contribution in [2.75, 3.05) is 0 Å². The normalized spacial score (nSPS) is 20.6. The highest BCUT2D eigenvalue weighted by Crippen LogP contribution is 2.40. The van der Waals surface area contributed by atoms with Crippen LogP contribution in [-0.4, -0.2) is 6.29 Å². The van der Waals surface area contributed by atoms with Gasteiger partial charge in [0.25, 0.3) is 0 Å². The first kappa shape index (κ1) is 17.4. The molecule has 0 bridgehead atoms. The van der Waals surface area contributed by atoms with Crippen LogP contribution in [0.3, 0.4) is 0 Å². The maximum absolute atomic E-state index is 10.3. The Balaban J connectivity index is 2.80. The molecule has 0 atom stereocenters. The second-order valence-electron chi connectivity index (χ2n) is 6.58. The fraction of sp³-hybridized carbons (Fsp3) is 0.450. The molecule has 0 aromatic carbocycles. The lowest BCUT2D eigenvalue weighted by Gasteiger charge is -2.32. The number of hydrogen-bond acceptors (Lipinski definition) is 1. The number of aldehydes is 1. The Labute approximate surface area is 129 Å². The smallest absolute Gasteiger partial charge is 0.143 e. The molecular weight excluding hydrogens is 256 g/mol. The van der Waals surface area contributed by atoms with Crippen molar-refractivity contribution in [2.45, 2.75) is 53.9 Å². The molecule has 0 saturated carbocycles. The van der Waals surface area contributed by atoms with Gasteiger partial charge in [0.15, 0.2) is 0 Å². The van der Waals surface area contributed by atoms with Gasteiger partial charge in [-0.05, 0) is 62.7 Å². The number of hydrogen-bond donors (Lipinski definition) is 0. The first-order valence-electron chi connectivity index (χ1n) is 7.72. The first-order chi connectivity index (χ1) is 9.86. The summed E-state index contributed by atoms with van der Waals surface area (Å²) in [7, 11) is 0. The van der Waals surface area contributed by atoms with Gasteiger partial charge in [0.05, 0.1) is 0 Å². The van der Waals surface area contributed by atoms with Crippen molar-refractivity contribution in [3.8, 4) is 0 Å². The molecule has 0 unspecified atom stereocenters. The molecule has 0 aromatic heterocycles. The fourth-order valence-electron chi connectivity index (χ4n) is 2.80. The van der Waals surface area contributed by atoms with Crippen molar-refractivity contribution in [3.05, 3.63) is 58.7 Å². The largest absolute Gasteiger partial charge is 0.299 e. The summed E-state index contributed by atoms with van der Waals surface area (Å²) in [5, 5.41) is 0. The van der Waals surface area contributed by atoms with Gasteiger partial charge < -0.3 is 0 Å². The van der Waals surface area contributed by atoms with Gasteiger partial charge in [0, 0.05) is 0 Å². The van der Waals surface area contributed by atoms with E-state index in [1.54, 1.807) is 6.08 Å². The van der Waals surface area contributed by atoms with E-state index in [-0.39, 0.29) is 5.41 Å². The van der Waals surface area contributed by atoms with E-state index in [0.717, 1.165) is 11.9 Å². The van der Waals surface area contributed by atoms with Crippen molar-refractivity contribution in [1.82, 2.24) is 0 Å². The summed E-state index contributed by atoms with van der Waals surface area (Å²) in [5.41, 5.74) is 5.48. The van der Waals surface area contributed by atoms with Gasteiger partial charge in [-0.1, -0.05) is 55.4 Å². The summed E-state index contributed by atoms with van der Waals surface area (Å²) in [6.45, 7) is 10.9. The van der Waals surface area contributed by atoms with E-state index in [0.29, 0.717) is 0 Å². The average Bonchev–Trinajstić information content (AvgIpc) is 2.37. The Morgan fingerprint density at radius 1 is 1.10 bits per heavy atom. The Morgan fingerprint density at radius 2 is 1.76 bits per heavy atom. The molecule has 1 aliphatic rings. The van der Waals surface area contributed by atoms with E-state index in [1.807, 2.05) is 19.1 Å². The van der Waals surface area contributed by atoms with Gasteiger partial charge in [0.2, 0.25) is 0 Å². The Kier molecular flexibility index (Phi) is 6.61. The molecule has 0 fully saturated rings. The van der Waals surface area contributed by atoms with Crippen molar-refractivity contribution in [3.63, 3.8) is 0 Å². The number of carbonyl (C=O) groups excluding carboxylic acids is 1. The fourth-order valence-corrected chi connectivity index (χ4v) is 2.80. The molecular formula is C20H28O. The molecule has 0 radical (unpaired) electrons. The minimum Gasteiger partial charge on any atom is -0.299 e. The van der Waals surface area contributed by atoms with Crippen LogP contribution < -0.4 is 0 Å². The molecule has 0 saturated heterocycles. The molecule has 0 spiro atoms. The SMILES string of the molecule is CC(=CC=O)/C=C/C=C(C)/C=C/C1=C(C)CCCC1(C)C. The van der Waals surface area contributed by atoms with Crippen molar-refractivity contribution in [1.29, 1.82) is 0 Å². The lowest BCUT2D eigenvalue weighted by atomic mass is 9.72. The van der Waals surface area contributed by atoms with E-state index in [4.69, 9.17) is 0 Å². The van der Waals surface area contributed by atoms with E-state index < -0.39 is 0 Å². The van der Waals surface area contributed by atoms with Crippen molar-refractivity contribution >= 4 is 6.29 Å². The first-order valence-corrected chi connectivity index (χ1v) is 7.72. The second-order valence-corrected chi connectivity index (χ2v) is 6.58. The van der Waals surface area contributed by atoms with Gasteiger partial charge in [-0.15, -0.1) is 0 Å². The summed E-state index contributed by atoms with van der Waals surface area (Å²) >= 11 is 0. The van der Waals surface area contributed by atoms with Crippen LogP contribution in [0.25, 0.3) is 0 Å². The maximum atomic E-state index is 10.3. The monoisotopic (exact) mass is 284 g/mol. The number of rotatable bonds is 5. The summed E-state index contributed by atoms with van der Waals surface area (Å²) < 4.78 is 0. The van der Waals surface area contributed by atoms with Gasteiger partial charge in [0.1, 0.15) is 6.29 Å². The van der Waals surface area contributed by atoms with Crippen molar-refractivity contribution in [2.24, 2.45) is 5.41 Å². The van der Waals surface area contributed by atoms with E-state index in [2.05, 4.69) is 45.9 Å². The maximum Gasteiger partial charge on any atom is 0.143 e. The summed E-state index contributed by atoms with van der Waals surface area (Å²) in [6.07, 6.45) is 16.6. The second kappa shape index (κ2) is 7.97. The molecule has 0 N–H and O–H groups in total. The highest BCUT2D eigenvalue weighted by atomic mass is 16.1. The Hall–Kier alpha value is -1.63. The summed E-state index contributed by atoms with van der Waals surface area (Å²) in [6, 6.07) is 0. The molecule has 0 amide bonds. The van der Waals surface area contributed by atoms with Crippen LogP contribution in [0.5, 0.6) is 0 Å². The third-order valence-electron chi connectivity index (χ3n) is 4.10. The molecule has 21 heavy (non-hydrogen) atoms. The van der Waals surface area contributed by atoms with Gasteiger partial charge in [-0.3, -0.25) is 4.79 Å². The lowest BCUT2D eigenvalue weighted by molar-refractivity contribution is -0.104. The predicted octanol–water partition coefficient (Wildman–Crippen LogP) is 5.72. The highest BCUT2D eigenvalue weighted by Gasteiger charge is 2.26. The Morgan fingerprint density at radius 3 is 2.38 bits per heavy atom. The molecule has 1 rings (SSSR count).